The fourth-order valence-corrected chi connectivity index (χ4v) is 6.92. The number of carbonyl (C=O) groups excluding carboxylic acids is 4. The molecule has 5 rings (SSSR count). The molecule has 240 valence electrons. The molecular formula is C32H40FN5O6Si. The summed E-state index contributed by atoms with van der Waals surface area (Å²) in [4.78, 5) is 57.0. The van der Waals surface area contributed by atoms with E-state index in [1.165, 1.54) is 6.07 Å². The predicted octanol–water partition coefficient (Wildman–Crippen LogP) is 2.78. The Labute approximate surface area is 265 Å². The summed E-state index contributed by atoms with van der Waals surface area (Å²) >= 11 is 0. The van der Waals surface area contributed by atoms with Gasteiger partial charge >= 0.3 is 5.97 Å². The first-order chi connectivity index (χ1) is 21.4. The Bertz CT molecular complexity index is 1450. The molecule has 2 aromatic rings. The smallest absolute Gasteiger partial charge is 0.306 e. The van der Waals surface area contributed by atoms with Gasteiger partial charge in [-0.3, -0.25) is 33.9 Å². The van der Waals surface area contributed by atoms with Crippen molar-refractivity contribution < 1.29 is 33.0 Å². The van der Waals surface area contributed by atoms with Gasteiger partial charge in [-0.2, -0.15) is 0 Å². The number of benzene rings is 2. The third-order valence-corrected chi connectivity index (χ3v) is 9.27. The summed E-state index contributed by atoms with van der Waals surface area (Å²) in [5.74, 6) is -2.02. The summed E-state index contributed by atoms with van der Waals surface area (Å²) in [6.07, 6.45) is -0.0599. The van der Waals surface area contributed by atoms with Crippen LogP contribution in [0.1, 0.15) is 65.5 Å². The largest absolute Gasteiger partial charge is 0.460 e. The molecular weight excluding hydrogens is 597 g/mol. The number of fused-ring (bicyclic) bond motifs is 1. The lowest BCUT2D eigenvalue weighted by Crippen LogP contribution is -2.60. The van der Waals surface area contributed by atoms with Crippen LogP contribution in [0.2, 0.25) is 0 Å². The average molecular weight is 638 g/mol. The molecule has 13 heteroatoms. The highest BCUT2D eigenvalue weighted by Crippen LogP contribution is 2.32. The number of rotatable bonds is 12. The third kappa shape index (κ3) is 7.96. The lowest BCUT2D eigenvalue weighted by molar-refractivity contribution is -0.155. The maximum absolute atomic E-state index is 15.2. The van der Waals surface area contributed by atoms with Crippen molar-refractivity contribution in [3.63, 3.8) is 0 Å². The van der Waals surface area contributed by atoms with Crippen molar-refractivity contribution >= 4 is 38.5 Å². The van der Waals surface area contributed by atoms with E-state index < -0.39 is 44.1 Å². The molecule has 0 aliphatic carbocycles. The van der Waals surface area contributed by atoms with Crippen molar-refractivity contribution in [2.45, 2.75) is 64.0 Å². The van der Waals surface area contributed by atoms with Gasteiger partial charge in [-0.15, -0.1) is 0 Å². The number of nitrogens with two attached hydrogens (primary N) is 1. The minimum atomic E-state index is -0.893. The lowest BCUT2D eigenvalue weighted by atomic mass is 10.0. The zero-order chi connectivity index (χ0) is 32.3. The Kier molecular flexibility index (Phi) is 10.0. The van der Waals surface area contributed by atoms with Crippen molar-refractivity contribution in [1.29, 1.82) is 0 Å². The number of nitrogens with one attached hydrogen (secondary N) is 1. The van der Waals surface area contributed by atoms with Crippen LogP contribution in [0.25, 0.3) is 0 Å². The highest BCUT2D eigenvalue weighted by molar-refractivity contribution is 6.74. The first-order valence-corrected chi connectivity index (χ1v) is 16.3. The maximum atomic E-state index is 15.2. The second kappa shape index (κ2) is 13.8. The first-order valence-electron chi connectivity index (χ1n) is 15.2. The van der Waals surface area contributed by atoms with Crippen molar-refractivity contribution in [1.82, 2.24) is 14.7 Å². The number of anilines is 1. The number of hydrogen-bond donors (Lipinski definition) is 2. The van der Waals surface area contributed by atoms with Gasteiger partial charge in [0.25, 0.3) is 11.8 Å². The maximum Gasteiger partial charge on any atom is 0.306 e. The fourth-order valence-electron chi connectivity index (χ4n) is 5.94. The van der Waals surface area contributed by atoms with Crippen molar-refractivity contribution in [3.8, 4) is 0 Å². The van der Waals surface area contributed by atoms with Crippen molar-refractivity contribution in [3.05, 3.63) is 64.5 Å². The van der Waals surface area contributed by atoms with Gasteiger partial charge in [0.15, 0.2) is 15.1 Å². The van der Waals surface area contributed by atoms with E-state index in [0.717, 1.165) is 49.9 Å². The normalized spacial score (nSPS) is 18.4. The zero-order valence-corrected chi connectivity index (χ0v) is 26.9. The number of amides is 3. The van der Waals surface area contributed by atoms with Gasteiger partial charge in [-0.1, -0.05) is 18.2 Å². The Hall–Kier alpha value is -3.65. The molecule has 3 N–H and O–H groups in total. The van der Waals surface area contributed by atoms with E-state index in [2.05, 4.69) is 15.1 Å². The molecule has 2 radical (unpaired) electrons. The minimum Gasteiger partial charge on any atom is -0.460 e. The zero-order valence-electron chi connectivity index (χ0n) is 25.9. The summed E-state index contributed by atoms with van der Waals surface area (Å²) in [7, 11) is -0.591. The van der Waals surface area contributed by atoms with Crippen LogP contribution in [0.5, 0.6) is 0 Å². The number of imide groups is 1. The third-order valence-electron chi connectivity index (χ3n) is 8.10. The van der Waals surface area contributed by atoms with Crippen LogP contribution in [0.4, 0.5) is 14.9 Å². The molecule has 2 fully saturated rings. The van der Waals surface area contributed by atoms with Crippen LogP contribution >= 0.6 is 0 Å². The molecule has 2 saturated heterocycles. The Morgan fingerprint density at radius 3 is 2.53 bits per heavy atom. The summed E-state index contributed by atoms with van der Waals surface area (Å²) in [6, 6.07) is 10.5. The number of ether oxygens (including phenoxy) is 2. The van der Waals surface area contributed by atoms with E-state index in [1.54, 1.807) is 45.0 Å². The number of primary amides is 1. The first kappa shape index (κ1) is 32.7. The number of hydrogen-bond acceptors (Lipinski definition) is 9. The Balaban J connectivity index is 1.21. The Morgan fingerprint density at radius 2 is 1.87 bits per heavy atom. The summed E-state index contributed by atoms with van der Waals surface area (Å²) in [5.41, 5.74) is 5.19. The van der Waals surface area contributed by atoms with Gasteiger partial charge in [-0.25, -0.2) is 4.39 Å². The van der Waals surface area contributed by atoms with Crippen LogP contribution in [0.15, 0.2) is 36.4 Å². The molecule has 3 heterocycles. The van der Waals surface area contributed by atoms with Gasteiger partial charge < -0.3 is 20.5 Å². The second-order valence-electron chi connectivity index (χ2n) is 12.6. The SMILES string of the molecule is CC(C)(C)OC(=O)CC[C@@H]([Si]C(N)=O)N1C(=O)c2cccc(NCc3ccc(CN4CC(N5CCOCC5)C4)cc3F)c2C1=O. The van der Waals surface area contributed by atoms with E-state index in [0.29, 0.717) is 23.8 Å². The van der Waals surface area contributed by atoms with Crippen molar-refractivity contribution in [2.24, 2.45) is 5.73 Å². The molecule has 0 saturated carbocycles. The minimum absolute atomic E-state index is 0.0351. The topological polar surface area (TPSA) is 135 Å². The van der Waals surface area contributed by atoms with Gasteiger partial charge in [0, 0.05) is 68.6 Å². The van der Waals surface area contributed by atoms with Gasteiger partial charge in [-0.05, 0) is 51.0 Å². The van der Waals surface area contributed by atoms with Gasteiger partial charge in [0.1, 0.15) is 11.4 Å². The molecule has 3 aliphatic rings. The van der Waals surface area contributed by atoms with E-state index in [-0.39, 0.29) is 36.3 Å². The summed E-state index contributed by atoms with van der Waals surface area (Å²) in [5, 5.41) is 3.12. The van der Waals surface area contributed by atoms with Crippen LogP contribution in [-0.2, 0) is 27.4 Å². The van der Waals surface area contributed by atoms with Gasteiger partial charge in [0.2, 0.25) is 0 Å². The van der Waals surface area contributed by atoms with E-state index in [1.807, 2.05) is 6.07 Å². The van der Waals surface area contributed by atoms with Crippen LogP contribution in [-0.4, -0.2) is 104 Å². The number of carbonyl (C=O) groups is 4. The molecule has 1 atom stereocenters. The fraction of sp³-hybridized carbons (Fsp3) is 0.500. The average Bonchev–Trinajstić information content (AvgIpc) is 3.21. The number of nitrogens with zero attached hydrogens (tertiary/aromatic N) is 3. The Morgan fingerprint density at radius 1 is 1.13 bits per heavy atom. The van der Waals surface area contributed by atoms with Crippen LogP contribution in [0, 0.1) is 5.82 Å². The highest BCUT2D eigenvalue weighted by Gasteiger charge is 2.42. The van der Waals surface area contributed by atoms with E-state index in [4.69, 9.17) is 15.2 Å². The molecule has 45 heavy (non-hydrogen) atoms. The number of morpholine rings is 1. The van der Waals surface area contributed by atoms with E-state index >= 15 is 4.39 Å². The molecule has 11 nitrogen and oxygen atoms in total. The summed E-state index contributed by atoms with van der Waals surface area (Å²) < 4.78 is 25.9. The predicted molar refractivity (Wildman–Crippen MR) is 166 cm³/mol. The van der Waals surface area contributed by atoms with E-state index in [9.17, 15) is 19.2 Å². The molecule has 2 aromatic carbocycles. The molecule has 0 aromatic heterocycles. The molecule has 3 amide bonds. The standard InChI is InChI=1S/C32H40FN5O6Si/c1-32(2,3)44-27(39)10-9-26(45-31(34)42)38-29(40)23-5-4-6-25(28(23)30(38)41)35-16-21-8-7-20(15-24(21)33)17-36-18-22(19-36)37-11-13-43-14-12-37/h4-8,15,22,26,35H,9-14,16-19H2,1-3H3,(H2,34,42)/t26-/m1/s1. The number of likely N-dealkylation sites (tertiary alicyclic amines) is 1. The molecule has 0 unspecified atom stereocenters. The molecule has 0 bridgehead atoms. The monoisotopic (exact) mass is 637 g/mol. The van der Waals surface area contributed by atoms with Crippen molar-refractivity contribution in [2.75, 3.05) is 44.7 Å². The van der Waals surface area contributed by atoms with Crippen LogP contribution in [0.3, 0.4) is 0 Å². The summed E-state index contributed by atoms with van der Waals surface area (Å²) in [6.45, 7) is 11.4. The van der Waals surface area contributed by atoms with Gasteiger partial charge in [0.05, 0.1) is 24.3 Å². The van der Waals surface area contributed by atoms with Crippen LogP contribution < -0.4 is 11.1 Å². The second-order valence-corrected chi connectivity index (χ2v) is 14.1. The molecule has 3 aliphatic heterocycles. The quantitative estimate of drug-likeness (QED) is 0.205. The highest BCUT2D eigenvalue weighted by atomic mass is 28.2. The number of esters is 1. The number of halogens is 1. The molecule has 0 spiro atoms. The lowest BCUT2D eigenvalue weighted by Gasteiger charge is -2.46.